The molecule has 0 rings (SSSR count). The van der Waals surface area contributed by atoms with Gasteiger partial charge < -0.3 is 15.1 Å². The molecule has 10 nitrogen and oxygen atoms in total. The van der Waals surface area contributed by atoms with Crippen molar-refractivity contribution in [3.8, 4) is 0 Å². The van der Waals surface area contributed by atoms with E-state index in [-0.39, 0.29) is 13.2 Å². The van der Waals surface area contributed by atoms with E-state index in [1.807, 2.05) is 0 Å². The minimum Gasteiger partial charge on any atom is -0.620 e. The smallest absolute Gasteiger partial charge is 0.535 e. The normalized spacial score (nSPS) is 19.6. The third kappa shape index (κ3) is 4.08. The van der Waals surface area contributed by atoms with Crippen LogP contribution in [0.25, 0.3) is 0 Å². The van der Waals surface area contributed by atoms with Crippen LogP contribution >= 0.6 is 15.5 Å². The lowest BCUT2D eigenvalue weighted by molar-refractivity contribution is -0.658. The molecule has 0 radical (unpaired) electrons. The van der Waals surface area contributed by atoms with Gasteiger partial charge in [0.1, 0.15) is 6.54 Å². The van der Waals surface area contributed by atoms with Crippen molar-refractivity contribution >= 4 is 15.5 Å². The van der Waals surface area contributed by atoms with Crippen LogP contribution < -0.4 is 0 Å². The number of ether oxygens (including phenoxy) is 1. The average molecular weight is 295 g/mol. The van der Waals surface area contributed by atoms with Crippen LogP contribution in [-0.2, 0) is 18.4 Å². The molecule has 0 spiro atoms. The third-order valence-electron chi connectivity index (χ3n) is 1.80. The minimum absolute atomic E-state index is 0.163. The summed E-state index contributed by atoms with van der Waals surface area (Å²) in [5, 5.41) is 20.1. The minimum atomic E-state index is -5.47. The van der Waals surface area contributed by atoms with Crippen molar-refractivity contribution in [2.45, 2.75) is 0 Å². The molecule has 2 unspecified atom stereocenters. The number of hydrogen-bond acceptors (Lipinski definition) is 6. The Labute approximate surface area is 97.4 Å². The highest BCUT2D eigenvalue weighted by Gasteiger charge is 2.54. The van der Waals surface area contributed by atoms with Crippen molar-refractivity contribution in [3.63, 3.8) is 0 Å². The maximum absolute atomic E-state index is 11.7. The molecule has 17 heavy (non-hydrogen) atoms. The van der Waals surface area contributed by atoms with E-state index in [4.69, 9.17) is 19.8 Å². The Morgan fingerprint density at radius 1 is 1.24 bits per heavy atom. The van der Waals surface area contributed by atoms with Gasteiger partial charge in [0.05, 0.1) is 26.9 Å². The number of hydroxylamine groups is 1. The predicted molar refractivity (Wildman–Crippen MR) is 55.3 cm³/mol. The molecular formula is C5H15NO9P2. The van der Waals surface area contributed by atoms with Crippen LogP contribution in [-0.4, -0.2) is 57.4 Å². The summed E-state index contributed by atoms with van der Waals surface area (Å²) in [5.74, 6) is 0. The molecular weight excluding hydrogens is 280 g/mol. The first-order chi connectivity index (χ1) is 7.62. The van der Waals surface area contributed by atoms with E-state index in [0.29, 0.717) is 7.11 Å². The van der Waals surface area contributed by atoms with E-state index in [1.165, 1.54) is 0 Å². The van der Waals surface area contributed by atoms with Gasteiger partial charge in [0, 0.05) is 0 Å². The number of aliphatic hydroxyl groups excluding tert-OH is 1. The van der Waals surface area contributed by atoms with E-state index in [0.717, 1.165) is 0 Å². The van der Waals surface area contributed by atoms with Gasteiger partial charge in [-0.25, -0.2) is 9.13 Å². The molecule has 0 aromatic heterocycles. The molecule has 0 amide bonds. The van der Waals surface area contributed by atoms with Crippen LogP contribution in [0.5, 0.6) is 0 Å². The van der Waals surface area contributed by atoms with E-state index >= 15 is 0 Å². The number of hydrogen-bond donors (Lipinski definition) is 4. The second-order valence-corrected chi connectivity index (χ2v) is 6.89. The van der Waals surface area contributed by atoms with Gasteiger partial charge in [-0.15, -0.1) is 0 Å². The zero-order chi connectivity index (χ0) is 13.7. The fraction of sp³-hybridized carbons (Fsp3) is 1.00. The fourth-order valence-corrected chi connectivity index (χ4v) is 3.21. The van der Waals surface area contributed by atoms with Gasteiger partial charge in [-0.1, -0.05) is 0 Å². The summed E-state index contributed by atoms with van der Waals surface area (Å²) in [6, 6.07) is 0. The highest BCUT2D eigenvalue weighted by molar-refractivity contribution is 7.59. The highest BCUT2D eigenvalue weighted by Crippen LogP contribution is 2.67. The monoisotopic (exact) mass is 295 g/mol. The summed E-state index contributed by atoms with van der Waals surface area (Å²) in [4.78, 5) is 26.8. The van der Waals surface area contributed by atoms with Gasteiger partial charge in [0.15, 0.2) is 0 Å². The van der Waals surface area contributed by atoms with E-state index in [2.05, 4.69) is 9.26 Å². The van der Waals surface area contributed by atoms with E-state index in [9.17, 15) is 14.3 Å². The van der Waals surface area contributed by atoms with Crippen LogP contribution in [0.1, 0.15) is 0 Å². The summed E-state index contributed by atoms with van der Waals surface area (Å²) in [5.41, 5.74) is 0. The van der Waals surface area contributed by atoms with E-state index in [1.54, 1.807) is 0 Å². The molecule has 2 atom stereocenters. The Kier molecular flexibility index (Phi) is 6.40. The molecule has 0 bridgehead atoms. The summed E-state index contributed by atoms with van der Waals surface area (Å²) in [7, 11) is -9.87. The van der Waals surface area contributed by atoms with Crippen molar-refractivity contribution in [2.75, 3.05) is 33.5 Å². The first kappa shape index (κ1) is 17.1. The zero-order valence-electron chi connectivity index (χ0n) is 9.00. The number of aliphatic hydroxyl groups is 1. The van der Waals surface area contributed by atoms with Gasteiger partial charge in [-0.2, -0.15) is 4.19 Å². The molecule has 0 aliphatic rings. The molecule has 0 aromatic rings. The Bertz CT molecular complexity index is 329. The van der Waals surface area contributed by atoms with Crippen LogP contribution in [0.3, 0.4) is 0 Å². The lowest BCUT2D eigenvalue weighted by Gasteiger charge is -2.41. The second kappa shape index (κ2) is 6.35. The molecule has 0 saturated carbocycles. The number of quaternary nitrogens is 1. The molecule has 0 heterocycles. The summed E-state index contributed by atoms with van der Waals surface area (Å²) in [6.07, 6.45) is 0. The van der Waals surface area contributed by atoms with Gasteiger partial charge in [-0.05, 0) is 0 Å². The first-order valence-corrected chi connectivity index (χ1v) is 7.44. The maximum atomic E-state index is 11.7. The molecule has 0 saturated heterocycles. The molecule has 4 N–H and O–H groups in total. The van der Waals surface area contributed by atoms with Crippen LogP contribution in [0.2, 0.25) is 0 Å². The van der Waals surface area contributed by atoms with Crippen molar-refractivity contribution in [2.24, 2.45) is 0 Å². The third-order valence-corrected chi connectivity index (χ3v) is 5.66. The maximum Gasteiger partial charge on any atom is 0.535 e. The molecule has 0 aliphatic carbocycles. The van der Waals surface area contributed by atoms with Crippen molar-refractivity contribution in [3.05, 3.63) is 5.21 Å². The van der Waals surface area contributed by atoms with E-state index < -0.39 is 32.8 Å². The molecule has 0 aromatic carbocycles. The van der Waals surface area contributed by atoms with Gasteiger partial charge in [0.25, 0.3) is 0 Å². The Hall–Kier alpha value is 0.140. The molecule has 104 valence electrons. The van der Waals surface area contributed by atoms with Crippen molar-refractivity contribution < 1.29 is 42.4 Å². The van der Waals surface area contributed by atoms with Gasteiger partial charge in [0.2, 0.25) is 0 Å². The van der Waals surface area contributed by atoms with Crippen LogP contribution in [0.15, 0.2) is 0 Å². The zero-order valence-corrected chi connectivity index (χ0v) is 10.8. The lowest BCUT2D eigenvalue weighted by Crippen LogP contribution is -2.38. The quantitative estimate of drug-likeness (QED) is 0.254. The first-order valence-electron chi connectivity index (χ1n) is 4.35. The van der Waals surface area contributed by atoms with Gasteiger partial charge >= 0.3 is 15.5 Å². The largest absolute Gasteiger partial charge is 0.620 e. The standard InChI is InChI=1S/C5H15NO9P2/c1-14-17(12,13)6(8,16(9,10)11)2-4-15-5-3-7/h7H,2-5H2,1H3,(H,12,13)(H2,9,10,11). The summed E-state index contributed by atoms with van der Waals surface area (Å²) in [6.45, 7) is -2.01. The van der Waals surface area contributed by atoms with Gasteiger partial charge in [-0.3, -0.25) is 19.2 Å². The predicted octanol–water partition coefficient (Wildman–Crippen LogP) is -0.851. The fourth-order valence-electron chi connectivity index (χ4n) is 0.882. The summed E-state index contributed by atoms with van der Waals surface area (Å²) < 4.78 is 28.1. The number of nitrogens with zero attached hydrogens (tertiary/aromatic N) is 1. The second-order valence-electron chi connectivity index (χ2n) is 2.91. The SMILES string of the molecule is COP(=O)(O)[N+]([O-])(CCOCCO)P(=O)(O)O. The molecule has 0 fully saturated rings. The molecule has 12 heteroatoms. The lowest BCUT2D eigenvalue weighted by atomic mass is 10.7. The average Bonchev–Trinajstić information content (AvgIpc) is 2.22. The molecule has 0 aliphatic heterocycles. The van der Waals surface area contributed by atoms with Crippen LogP contribution in [0, 0.1) is 5.21 Å². The van der Waals surface area contributed by atoms with Crippen LogP contribution in [0.4, 0.5) is 0 Å². The highest BCUT2D eigenvalue weighted by atomic mass is 31.3. The van der Waals surface area contributed by atoms with Crippen molar-refractivity contribution in [1.82, 2.24) is 0 Å². The van der Waals surface area contributed by atoms with Crippen molar-refractivity contribution in [1.29, 1.82) is 0 Å². The Balaban J connectivity index is 4.90. The Morgan fingerprint density at radius 2 is 1.76 bits per heavy atom. The number of rotatable bonds is 8. The summed E-state index contributed by atoms with van der Waals surface area (Å²) >= 11 is 0. The topological polar surface area (TPSA) is 157 Å². The Morgan fingerprint density at radius 3 is 2.12 bits per heavy atom.